The average molecular weight is 325 g/mol. The number of esters is 1. The van der Waals surface area contributed by atoms with Gasteiger partial charge in [-0.3, -0.25) is 4.79 Å². The van der Waals surface area contributed by atoms with E-state index >= 15 is 0 Å². The first-order valence-electron chi connectivity index (χ1n) is 6.71. The lowest BCUT2D eigenvalue weighted by Gasteiger charge is -2.10. The second-order valence-electron chi connectivity index (χ2n) is 5.33. The number of nitrogens with one attached hydrogen (secondary N) is 1. The summed E-state index contributed by atoms with van der Waals surface area (Å²) in [5.41, 5.74) is 1.83. The molecule has 2 aromatic rings. The first-order valence-corrected chi connectivity index (χ1v) is 8.42. The summed E-state index contributed by atoms with van der Waals surface area (Å²) in [4.78, 5) is 16.8. The average Bonchev–Trinajstić information content (AvgIpc) is 2.78. The van der Waals surface area contributed by atoms with Gasteiger partial charge >= 0.3 is 5.97 Å². The number of ether oxygens (including phenoxy) is 1. The molecule has 0 unspecified atom stereocenters. The number of nitrogens with two attached hydrogens (primary N) is 1. The number of carbonyl (C=O) groups is 1. The van der Waals surface area contributed by atoms with Crippen molar-refractivity contribution in [1.82, 2.24) is 9.88 Å². The van der Waals surface area contributed by atoms with Crippen molar-refractivity contribution in [3.63, 3.8) is 0 Å². The highest BCUT2D eigenvalue weighted by atomic mass is 32.2. The first-order chi connectivity index (χ1) is 10.3. The predicted octanol–water partition coefficient (Wildman–Crippen LogP) is 0.466. The molecule has 0 fully saturated rings. The fourth-order valence-corrected chi connectivity index (χ4v) is 2.55. The lowest BCUT2D eigenvalue weighted by atomic mass is 10.1. The second kappa shape index (κ2) is 6.47. The molecule has 0 atom stereocenters. The molecule has 1 aromatic carbocycles. The largest absolute Gasteiger partial charge is 0.425 e. The molecule has 0 radical (unpaired) electrons. The number of H-pyrrole nitrogens is 1. The fraction of sp³-hybridized carbons (Fsp3) is 0.357. The van der Waals surface area contributed by atoms with Gasteiger partial charge in [0.2, 0.25) is 10.0 Å². The smallest absolute Gasteiger partial charge is 0.327 e. The minimum absolute atomic E-state index is 0.334. The summed E-state index contributed by atoms with van der Waals surface area (Å²) in [5.74, 6) is -1.41. The molecule has 0 spiro atoms. The molecule has 0 aliphatic heterocycles. The standard InChI is InChI=1S/C14H19N3O4S/c1-17(2)7-6-10-8-16-11-4-3-5-12(14(10)11)21-13(18)9-22(15,19)20/h3-5,8,16H,6-7,9H2,1-2H3,(H2,15,19,20). The summed E-state index contributed by atoms with van der Waals surface area (Å²) in [7, 11) is 0.0442. The second-order valence-corrected chi connectivity index (χ2v) is 6.94. The van der Waals surface area contributed by atoms with Gasteiger partial charge in [-0.05, 0) is 38.2 Å². The molecule has 8 heteroatoms. The van der Waals surface area contributed by atoms with Gasteiger partial charge in [-0.1, -0.05) is 6.07 Å². The van der Waals surface area contributed by atoms with Gasteiger partial charge in [-0.15, -0.1) is 0 Å². The van der Waals surface area contributed by atoms with Crippen LogP contribution in [0.3, 0.4) is 0 Å². The molecule has 22 heavy (non-hydrogen) atoms. The van der Waals surface area contributed by atoms with Gasteiger partial charge in [-0.2, -0.15) is 0 Å². The van der Waals surface area contributed by atoms with Crippen molar-refractivity contribution < 1.29 is 17.9 Å². The Kier molecular flexibility index (Phi) is 4.84. The van der Waals surface area contributed by atoms with Crippen LogP contribution in [0.25, 0.3) is 10.9 Å². The van der Waals surface area contributed by atoms with E-state index < -0.39 is 21.7 Å². The molecule has 0 aliphatic carbocycles. The molecule has 0 saturated carbocycles. The number of sulfonamides is 1. The van der Waals surface area contributed by atoms with Crippen molar-refractivity contribution >= 4 is 26.9 Å². The summed E-state index contributed by atoms with van der Waals surface area (Å²) in [6.45, 7) is 0.840. The number of aromatic nitrogens is 1. The number of primary sulfonamides is 1. The van der Waals surface area contributed by atoms with E-state index in [1.807, 2.05) is 26.4 Å². The molecule has 0 bridgehead atoms. The van der Waals surface area contributed by atoms with E-state index in [1.54, 1.807) is 12.1 Å². The Balaban J connectivity index is 2.29. The third kappa shape index (κ3) is 4.30. The highest BCUT2D eigenvalue weighted by Gasteiger charge is 2.17. The van der Waals surface area contributed by atoms with Crippen LogP contribution in [0.1, 0.15) is 5.56 Å². The molecule has 120 valence electrons. The van der Waals surface area contributed by atoms with E-state index in [1.165, 1.54) is 0 Å². The molecule has 2 rings (SSSR count). The Morgan fingerprint density at radius 2 is 2.09 bits per heavy atom. The van der Waals surface area contributed by atoms with E-state index in [-0.39, 0.29) is 0 Å². The highest BCUT2D eigenvalue weighted by Crippen LogP contribution is 2.29. The van der Waals surface area contributed by atoms with E-state index in [0.717, 1.165) is 29.4 Å². The van der Waals surface area contributed by atoms with Crippen LogP contribution in [-0.4, -0.2) is 50.7 Å². The van der Waals surface area contributed by atoms with Crippen molar-refractivity contribution in [2.24, 2.45) is 5.14 Å². The molecular formula is C14H19N3O4S. The van der Waals surface area contributed by atoms with E-state index in [2.05, 4.69) is 9.88 Å². The van der Waals surface area contributed by atoms with Gasteiger partial charge in [0.15, 0.2) is 5.75 Å². The van der Waals surface area contributed by atoms with Crippen molar-refractivity contribution in [1.29, 1.82) is 0 Å². The van der Waals surface area contributed by atoms with Gasteiger partial charge in [0.25, 0.3) is 0 Å². The van der Waals surface area contributed by atoms with Gasteiger partial charge in [0.1, 0.15) is 5.75 Å². The maximum atomic E-state index is 11.7. The van der Waals surface area contributed by atoms with Crippen LogP contribution in [0.2, 0.25) is 0 Å². The number of carbonyl (C=O) groups excluding carboxylic acids is 1. The monoisotopic (exact) mass is 325 g/mol. The Hall–Kier alpha value is -1.90. The Bertz CT molecular complexity index is 780. The summed E-state index contributed by atoms with van der Waals surface area (Å²) in [6.07, 6.45) is 2.64. The molecule has 0 saturated heterocycles. The number of fused-ring (bicyclic) bond motifs is 1. The number of aromatic amines is 1. The number of likely N-dealkylation sites (N-methyl/N-ethyl adjacent to an activating group) is 1. The molecular weight excluding hydrogens is 306 g/mol. The number of hydrogen-bond donors (Lipinski definition) is 2. The van der Waals surface area contributed by atoms with Crippen LogP contribution in [0.5, 0.6) is 5.75 Å². The molecule has 1 heterocycles. The van der Waals surface area contributed by atoms with E-state index in [9.17, 15) is 13.2 Å². The highest BCUT2D eigenvalue weighted by molar-refractivity contribution is 7.89. The quantitative estimate of drug-likeness (QED) is 0.593. The summed E-state index contributed by atoms with van der Waals surface area (Å²) in [6, 6.07) is 5.23. The molecule has 1 aromatic heterocycles. The van der Waals surface area contributed by atoms with Crippen LogP contribution < -0.4 is 9.88 Å². The SMILES string of the molecule is CN(C)CCc1c[nH]c2cccc(OC(=O)CS(N)(=O)=O)c12. The van der Waals surface area contributed by atoms with Gasteiger partial charge in [0, 0.05) is 23.6 Å². The van der Waals surface area contributed by atoms with Crippen molar-refractivity contribution in [3.05, 3.63) is 30.0 Å². The van der Waals surface area contributed by atoms with Crippen molar-refractivity contribution in [2.45, 2.75) is 6.42 Å². The lowest BCUT2D eigenvalue weighted by molar-refractivity contribution is -0.131. The molecule has 0 aliphatic rings. The van der Waals surface area contributed by atoms with Gasteiger partial charge in [-0.25, -0.2) is 13.6 Å². The van der Waals surface area contributed by atoms with E-state index in [4.69, 9.17) is 9.88 Å². The minimum atomic E-state index is -3.90. The third-order valence-corrected chi connectivity index (χ3v) is 3.76. The molecule has 0 amide bonds. The zero-order chi connectivity index (χ0) is 16.3. The van der Waals surface area contributed by atoms with Crippen LogP contribution >= 0.6 is 0 Å². The maximum Gasteiger partial charge on any atom is 0.327 e. The zero-order valence-corrected chi connectivity index (χ0v) is 13.3. The zero-order valence-electron chi connectivity index (χ0n) is 12.5. The topological polar surface area (TPSA) is 105 Å². The lowest BCUT2D eigenvalue weighted by Crippen LogP contribution is -2.26. The van der Waals surface area contributed by atoms with Gasteiger partial charge < -0.3 is 14.6 Å². The van der Waals surface area contributed by atoms with Gasteiger partial charge in [0.05, 0.1) is 0 Å². The Labute approximate surface area is 129 Å². The van der Waals surface area contributed by atoms with Crippen LogP contribution in [0.15, 0.2) is 24.4 Å². The fourth-order valence-electron chi connectivity index (χ4n) is 2.16. The van der Waals surface area contributed by atoms with Crippen LogP contribution in [-0.2, 0) is 21.2 Å². The molecule has 7 nitrogen and oxygen atoms in total. The summed E-state index contributed by atoms with van der Waals surface area (Å²) < 4.78 is 27.1. The predicted molar refractivity (Wildman–Crippen MR) is 84.2 cm³/mol. The Morgan fingerprint density at radius 3 is 2.73 bits per heavy atom. The maximum absolute atomic E-state index is 11.7. The van der Waals surface area contributed by atoms with Crippen LogP contribution in [0, 0.1) is 0 Å². The first kappa shape index (κ1) is 16.5. The van der Waals surface area contributed by atoms with Crippen molar-refractivity contribution in [2.75, 3.05) is 26.4 Å². The number of hydrogen-bond acceptors (Lipinski definition) is 5. The normalized spacial score (nSPS) is 12.0. The van der Waals surface area contributed by atoms with E-state index in [0.29, 0.717) is 5.75 Å². The third-order valence-electron chi connectivity index (χ3n) is 3.12. The number of benzene rings is 1. The van der Waals surface area contributed by atoms with Crippen molar-refractivity contribution in [3.8, 4) is 5.75 Å². The minimum Gasteiger partial charge on any atom is -0.425 e. The number of rotatable bonds is 6. The summed E-state index contributed by atoms with van der Waals surface area (Å²) >= 11 is 0. The molecule has 3 N–H and O–H groups in total. The number of nitrogens with zero attached hydrogens (tertiary/aromatic N) is 1. The Morgan fingerprint density at radius 1 is 1.36 bits per heavy atom. The van der Waals surface area contributed by atoms with Crippen LogP contribution in [0.4, 0.5) is 0 Å². The summed E-state index contributed by atoms with van der Waals surface area (Å²) in [5, 5.41) is 5.64.